The average molecular weight is 324 g/mol. The van der Waals surface area contributed by atoms with Gasteiger partial charge in [0.25, 0.3) is 0 Å². The van der Waals surface area contributed by atoms with Crippen molar-refractivity contribution in [3.05, 3.63) is 41.9 Å². The minimum Gasteiger partial charge on any atom is -0.360 e. The maximum atomic E-state index is 12.0. The number of hydrogen-bond donors (Lipinski definition) is 1. The fourth-order valence-corrected chi connectivity index (χ4v) is 2.51. The summed E-state index contributed by atoms with van der Waals surface area (Å²) in [6.07, 6.45) is 4.25. The van der Waals surface area contributed by atoms with Crippen LogP contribution in [-0.4, -0.2) is 37.3 Å². The zero-order chi connectivity index (χ0) is 16.2. The molecule has 0 aromatic carbocycles. The van der Waals surface area contributed by atoms with Crippen LogP contribution in [0.1, 0.15) is 11.3 Å². The number of aromatic nitrogens is 2. The highest BCUT2D eigenvalue weighted by molar-refractivity contribution is 7.92. The van der Waals surface area contributed by atoms with Gasteiger partial charge in [0.05, 0.1) is 6.26 Å². The van der Waals surface area contributed by atoms with Gasteiger partial charge >= 0.3 is 0 Å². The number of aryl methyl sites for hydroxylation is 1. The third-order valence-electron chi connectivity index (χ3n) is 2.77. The maximum Gasteiger partial charge on any atom is 0.241 e. The molecule has 0 aliphatic heterocycles. The van der Waals surface area contributed by atoms with Crippen molar-refractivity contribution in [1.82, 2.24) is 15.5 Å². The molecule has 2 aromatic rings. The monoisotopic (exact) mass is 324 g/mol. The molecule has 9 heteroatoms. The van der Waals surface area contributed by atoms with Gasteiger partial charge in [0.2, 0.25) is 15.9 Å². The van der Waals surface area contributed by atoms with Crippen LogP contribution in [0.15, 0.2) is 35.1 Å². The summed E-state index contributed by atoms with van der Waals surface area (Å²) in [5.74, 6) is 0.0888. The summed E-state index contributed by atoms with van der Waals surface area (Å²) in [6.45, 7) is 1.53. The van der Waals surface area contributed by atoms with E-state index in [9.17, 15) is 13.2 Å². The van der Waals surface area contributed by atoms with Crippen LogP contribution in [0.2, 0.25) is 0 Å². The highest BCUT2D eigenvalue weighted by Gasteiger charge is 2.23. The predicted molar refractivity (Wildman–Crippen MR) is 79.5 cm³/mol. The van der Waals surface area contributed by atoms with E-state index in [4.69, 9.17) is 4.52 Å². The number of amides is 1. The SMILES string of the molecule is Cc1cc(N(CC(=O)NCc2cccnc2)S(C)(=O)=O)no1. The van der Waals surface area contributed by atoms with Gasteiger partial charge in [0.1, 0.15) is 12.3 Å². The fraction of sp³-hybridized carbons (Fsp3) is 0.308. The van der Waals surface area contributed by atoms with Crippen molar-refractivity contribution in [2.24, 2.45) is 0 Å². The Kier molecular flexibility index (Phi) is 4.76. The first kappa shape index (κ1) is 16.0. The third kappa shape index (κ3) is 4.29. The van der Waals surface area contributed by atoms with Crippen molar-refractivity contribution >= 4 is 21.7 Å². The number of rotatable bonds is 6. The topological polar surface area (TPSA) is 105 Å². The van der Waals surface area contributed by atoms with E-state index in [-0.39, 0.29) is 18.9 Å². The standard InChI is InChI=1S/C13H16N4O4S/c1-10-6-12(16-21-10)17(22(2,19)20)9-13(18)15-8-11-4-3-5-14-7-11/h3-7H,8-9H2,1-2H3,(H,15,18). The molecule has 0 saturated carbocycles. The first-order valence-electron chi connectivity index (χ1n) is 6.43. The number of pyridine rings is 1. The van der Waals surface area contributed by atoms with Gasteiger partial charge in [-0.15, -0.1) is 0 Å². The van der Waals surface area contributed by atoms with E-state index in [0.29, 0.717) is 5.76 Å². The van der Waals surface area contributed by atoms with E-state index < -0.39 is 15.9 Å². The normalized spacial score (nSPS) is 11.2. The smallest absolute Gasteiger partial charge is 0.241 e. The lowest BCUT2D eigenvalue weighted by Gasteiger charge is -2.18. The Bertz CT molecular complexity index is 742. The summed E-state index contributed by atoms with van der Waals surface area (Å²) in [4.78, 5) is 15.9. The number of carbonyl (C=O) groups is 1. The molecule has 2 heterocycles. The molecule has 0 aliphatic carbocycles. The average Bonchev–Trinajstić information content (AvgIpc) is 2.88. The molecule has 0 spiro atoms. The van der Waals surface area contributed by atoms with Gasteiger partial charge in [-0.2, -0.15) is 0 Å². The highest BCUT2D eigenvalue weighted by atomic mass is 32.2. The van der Waals surface area contributed by atoms with E-state index in [1.165, 1.54) is 6.07 Å². The molecule has 22 heavy (non-hydrogen) atoms. The van der Waals surface area contributed by atoms with Gasteiger partial charge in [0.15, 0.2) is 5.82 Å². The Balaban J connectivity index is 2.03. The Labute approximate surface area is 128 Å². The van der Waals surface area contributed by atoms with Gasteiger partial charge in [-0.1, -0.05) is 11.2 Å². The zero-order valence-corrected chi connectivity index (χ0v) is 13.0. The summed E-state index contributed by atoms with van der Waals surface area (Å²) in [6, 6.07) is 5.01. The first-order chi connectivity index (χ1) is 10.4. The van der Waals surface area contributed by atoms with Crippen molar-refractivity contribution in [3.8, 4) is 0 Å². The van der Waals surface area contributed by atoms with Crippen LogP contribution in [0.25, 0.3) is 0 Å². The van der Waals surface area contributed by atoms with E-state index in [0.717, 1.165) is 16.1 Å². The van der Waals surface area contributed by atoms with Crippen molar-refractivity contribution in [3.63, 3.8) is 0 Å². The van der Waals surface area contributed by atoms with Crippen LogP contribution >= 0.6 is 0 Å². The Morgan fingerprint density at radius 2 is 2.23 bits per heavy atom. The number of anilines is 1. The lowest BCUT2D eigenvalue weighted by Crippen LogP contribution is -2.40. The summed E-state index contributed by atoms with van der Waals surface area (Å²) < 4.78 is 29.4. The van der Waals surface area contributed by atoms with Crippen LogP contribution in [0.3, 0.4) is 0 Å². The molecule has 118 valence electrons. The van der Waals surface area contributed by atoms with Gasteiger partial charge < -0.3 is 9.84 Å². The van der Waals surface area contributed by atoms with Crippen LogP contribution < -0.4 is 9.62 Å². The fourth-order valence-electron chi connectivity index (χ4n) is 1.73. The molecule has 0 unspecified atom stereocenters. The van der Waals surface area contributed by atoms with Crippen molar-refractivity contribution in [1.29, 1.82) is 0 Å². The number of sulfonamides is 1. The van der Waals surface area contributed by atoms with Crippen LogP contribution in [0, 0.1) is 6.92 Å². The summed E-state index contributed by atoms with van der Waals surface area (Å²) in [7, 11) is -3.64. The molecule has 0 saturated heterocycles. The molecule has 0 radical (unpaired) electrons. The van der Waals surface area contributed by atoms with E-state index in [1.807, 2.05) is 6.07 Å². The number of hydrogen-bond acceptors (Lipinski definition) is 6. The minimum absolute atomic E-state index is 0.0801. The maximum absolute atomic E-state index is 12.0. The first-order valence-corrected chi connectivity index (χ1v) is 8.28. The molecule has 0 bridgehead atoms. The lowest BCUT2D eigenvalue weighted by molar-refractivity contribution is -0.119. The molecule has 0 aliphatic rings. The Hall–Kier alpha value is -2.42. The summed E-state index contributed by atoms with van der Waals surface area (Å²) in [5, 5.41) is 6.27. The molecule has 2 rings (SSSR count). The molecular weight excluding hydrogens is 308 g/mol. The zero-order valence-electron chi connectivity index (χ0n) is 12.2. The predicted octanol–water partition coefficient (Wildman–Crippen LogP) is 0.460. The molecular formula is C13H16N4O4S. The molecule has 1 amide bonds. The van der Waals surface area contributed by atoms with Crippen molar-refractivity contribution in [2.75, 3.05) is 17.1 Å². The van der Waals surface area contributed by atoms with Gasteiger partial charge in [-0.05, 0) is 18.6 Å². The molecule has 1 N–H and O–H groups in total. The quantitative estimate of drug-likeness (QED) is 0.827. The summed E-state index contributed by atoms with van der Waals surface area (Å²) in [5.41, 5.74) is 0.819. The second kappa shape index (κ2) is 6.56. The van der Waals surface area contributed by atoms with Crippen LogP contribution in [0.4, 0.5) is 5.82 Å². The number of nitrogens with zero attached hydrogens (tertiary/aromatic N) is 3. The minimum atomic E-state index is -3.64. The van der Waals surface area contributed by atoms with Gasteiger partial charge in [-0.3, -0.25) is 9.78 Å². The van der Waals surface area contributed by atoms with E-state index >= 15 is 0 Å². The van der Waals surface area contributed by atoms with Crippen LogP contribution in [0.5, 0.6) is 0 Å². The van der Waals surface area contributed by atoms with Gasteiger partial charge in [-0.25, -0.2) is 12.7 Å². The second-order valence-corrected chi connectivity index (χ2v) is 6.61. The molecule has 0 atom stereocenters. The van der Waals surface area contributed by atoms with E-state index in [1.54, 1.807) is 25.4 Å². The Morgan fingerprint density at radius 1 is 1.45 bits per heavy atom. The molecule has 8 nitrogen and oxygen atoms in total. The van der Waals surface area contributed by atoms with Crippen molar-refractivity contribution in [2.45, 2.75) is 13.5 Å². The number of nitrogens with one attached hydrogen (secondary N) is 1. The Morgan fingerprint density at radius 3 is 2.77 bits per heavy atom. The van der Waals surface area contributed by atoms with E-state index in [2.05, 4.69) is 15.5 Å². The second-order valence-electron chi connectivity index (χ2n) is 4.70. The van der Waals surface area contributed by atoms with Crippen LogP contribution in [-0.2, 0) is 21.4 Å². The number of carbonyl (C=O) groups excluding carboxylic acids is 1. The largest absolute Gasteiger partial charge is 0.360 e. The summed E-state index contributed by atoms with van der Waals surface area (Å²) >= 11 is 0. The lowest BCUT2D eigenvalue weighted by atomic mass is 10.3. The van der Waals surface area contributed by atoms with Gasteiger partial charge in [0, 0.05) is 25.0 Å². The highest BCUT2D eigenvalue weighted by Crippen LogP contribution is 2.16. The third-order valence-corrected chi connectivity index (χ3v) is 3.89. The molecule has 2 aromatic heterocycles. The molecule has 0 fully saturated rings. The van der Waals surface area contributed by atoms with Crippen molar-refractivity contribution < 1.29 is 17.7 Å².